The molecule has 0 aliphatic carbocycles. The Labute approximate surface area is 114 Å². The molecule has 1 fully saturated rings. The van der Waals surface area contributed by atoms with Crippen LogP contribution in [0.25, 0.3) is 0 Å². The second-order valence-corrected chi connectivity index (χ2v) is 6.15. The Bertz CT molecular complexity index is 345. The predicted octanol–water partition coefficient (Wildman–Crippen LogP) is 2.24. The minimum Gasteiger partial charge on any atom is -0.312 e. The third-order valence-corrected chi connectivity index (χ3v) is 4.18. The van der Waals surface area contributed by atoms with Crippen LogP contribution in [0.2, 0.25) is 0 Å². The number of hydrogen-bond donors (Lipinski definition) is 1. The summed E-state index contributed by atoms with van der Waals surface area (Å²) in [6.45, 7) is 10.2. The average Bonchev–Trinajstić information content (AvgIpc) is 2.98. The summed E-state index contributed by atoms with van der Waals surface area (Å²) in [6, 6.07) is 0. The fourth-order valence-corrected chi connectivity index (χ4v) is 3.18. The summed E-state index contributed by atoms with van der Waals surface area (Å²) in [4.78, 5) is 3.86. The maximum absolute atomic E-state index is 4.20. The van der Waals surface area contributed by atoms with Gasteiger partial charge in [-0.1, -0.05) is 18.3 Å². The van der Waals surface area contributed by atoms with E-state index in [9.17, 15) is 0 Å². The summed E-state index contributed by atoms with van der Waals surface area (Å²) >= 11 is 1.53. The maximum atomic E-state index is 4.20. The molecule has 1 aliphatic rings. The molecule has 1 aliphatic heterocycles. The van der Waals surface area contributed by atoms with E-state index in [0.717, 1.165) is 18.8 Å². The van der Waals surface area contributed by atoms with E-state index in [0.29, 0.717) is 5.92 Å². The number of likely N-dealkylation sites (tertiary alicyclic amines) is 1. The molecular formula is C13H24N4S. The molecule has 0 unspecified atom stereocenters. The third-order valence-electron chi connectivity index (χ3n) is 3.44. The summed E-state index contributed by atoms with van der Waals surface area (Å²) < 4.78 is 4.05. The first-order valence-corrected chi connectivity index (χ1v) is 7.79. The fraction of sp³-hybridized carbons (Fsp3) is 0.846. The molecule has 0 bridgehead atoms. The van der Waals surface area contributed by atoms with Gasteiger partial charge in [0.2, 0.25) is 0 Å². The highest BCUT2D eigenvalue weighted by molar-refractivity contribution is 7.05. The minimum absolute atomic E-state index is 0.477. The van der Waals surface area contributed by atoms with Crippen LogP contribution in [-0.2, 0) is 6.54 Å². The van der Waals surface area contributed by atoms with E-state index in [1.807, 2.05) is 0 Å². The zero-order chi connectivity index (χ0) is 12.8. The van der Waals surface area contributed by atoms with Gasteiger partial charge in [0.1, 0.15) is 0 Å². The van der Waals surface area contributed by atoms with Crippen LogP contribution in [0.15, 0.2) is 0 Å². The first-order valence-electron chi connectivity index (χ1n) is 7.01. The first kappa shape index (κ1) is 13.9. The van der Waals surface area contributed by atoms with Gasteiger partial charge in [0.25, 0.3) is 0 Å². The van der Waals surface area contributed by atoms with Crippen molar-refractivity contribution in [3.05, 3.63) is 10.6 Å². The van der Waals surface area contributed by atoms with E-state index < -0.39 is 0 Å². The average molecular weight is 268 g/mol. The van der Waals surface area contributed by atoms with Crippen molar-refractivity contribution in [3.63, 3.8) is 0 Å². The summed E-state index contributed by atoms with van der Waals surface area (Å²) in [7, 11) is 0. The second kappa shape index (κ2) is 7.16. The van der Waals surface area contributed by atoms with Crippen molar-refractivity contribution in [1.82, 2.24) is 19.8 Å². The van der Waals surface area contributed by atoms with Gasteiger partial charge in [-0.25, -0.2) is 0 Å². The second-order valence-electron chi connectivity index (χ2n) is 5.32. The van der Waals surface area contributed by atoms with E-state index >= 15 is 0 Å². The molecule has 0 aromatic carbocycles. The summed E-state index contributed by atoms with van der Waals surface area (Å²) in [5.41, 5.74) is 1.16. The SMILES string of the molecule is CC(C)c1nnsc1CNCCCN1CCCC1. The molecule has 1 aromatic rings. The number of nitrogens with one attached hydrogen (secondary N) is 1. The van der Waals surface area contributed by atoms with Gasteiger partial charge >= 0.3 is 0 Å². The molecule has 0 amide bonds. The lowest BCUT2D eigenvalue weighted by Gasteiger charge is -2.14. The van der Waals surface area contributed by atoms with Gasteiger partial charge < -0.3 is 10.2 Å². The lowest BCUT2D eigenvalue weighted by Crippen LogP contribution is -2.24. The highest BCUT2D eigenvalue weighted by Gasteiger charge is 2.12. The fourth-order valence-electron chi connectivity index (χ4n) is 2.41. The Morgan fingerprint density at radius 3 is 2.83 bits per heavy atom. The molecule has 0 radical (unpaired) electrons. The molecule has 102 valence electrons. The van der Waals surface area contributed by atoms with Crippen molar-refractivity contribution in [2.75, 3.05) is 26.2 Å². The molecule has 1 N–H and O–H groups in total. The molecule has 2 heterocycles. The summed E-state index contributed by atoms with van der Waals surface area (Å²) in [6.07, 6.45) is 4.01. The Hall–Kier alpha value is -0.520. The molecule has 4 nitrogen and oxygen atoms in total. The topological polar surface area (TPSA) is 41.1 Å². The standard InChI is InChI=1S/C13H24N4S/c1-11(2)13-12(18-16-15-13)10-14-6-5-9-17-7-3-4-8-17/h11,14H,3-10H2,1-2H3. The first-order chi connectivity index (χ1) is 8.77. The highest BCUT2D eigenvalue weighted by Crippen LogP contribution is 2.19. The lowest BCUT2D eigenvalue weighted by molar-refractivity contribution is 0.331. The predicted molar refractivity (Wildman–Crippen MR) is 76.0 cm³/mol. The smallest absolute Gasteiger partial charge is 0.0826 e. The minimum atomic E-state index is 0.477. The van der Waals surface area contributed by atoms with Gasteiger partial charge in [0.15, 0.2) is 0 Å². The van der Waals surface area contributed by atoms with Crippen LogP contribution in [0.5, 0.6) is 0 Å². The van der Waals surface area contributed by atoms with Crippen molar-refractivity contribution in [2.24, 2.45) is 0 Å². The molecule has 0 spiro atoms. The van der Waals surface area contributed by atoms with E-state index in [4.69, 9.17) is 0 Å². The van der Waals surface area contributed by atoms with Crippen LogP contribution in [0.3, 0.4) is 0 Å². The van der Waals surface area contributed by atoms with Crippen molar-refractivity contribution in [1.29, 1.82) is 0 Å². The monoisotopic (exact) mass is 268 g/mol. The van der Waals surface area contributed by atoms with Gasteiger partial charge in [-0.2, -0.15) is 0 Å². The molecule has 2 rings (SSSR count). The Kier molecular flexibility index (Phi) is 5.53. The van der Waals surface area contributed by atoms with Crippen LogP contribution in [0.1, 0.15) is 49.6 Å². The van der Waals surface area contributed by atoms with Crippen molar-refractivity contribution < 1.29 is 0 Å². The molecule has 5 heteroatoms. The molecule has 1 aromatic heterocycles. The normalized spacial score (nSPS) is 16.8. The van der Waals surface area contributed by atoms with E-state index in [1.54, 1.807) is 0 Å². The van der Waals surface area contributed by atoms with E-state index in [-0.39, 0.29) is 0 Å². The number of nitrogens with zero attached hydrogens (tertiary/aromatic N) is 3. The molecule has 0 atom stereocenters. The quantitative estimate of drug-likeness (QED) is 0.770. The van der Waals surface area contributed by atoms with Gasteiger partial charge in [-0.3, -0.25) is 0 Å². The van der Waals surface area contributed by atoms with E-state index in [2.05, 4.69) is 33.7 Å². The largest absolute Gasteiger partial charge is 0.312 e. The van der Waals surface area contributed by atoms with E-state index in [1.165, 1.54) is 55.3 Å². The molecule has 18 heavy (non-hydrogen) atoms. The number of rotatable bonds is 7. The summed E-state index contributed by atoms with van der Waals surface area (Å²) in [5, 5.41) is 7.71. The van der Waals surface area contributed by atoms with Crippen LogP contribution in [-0.4, -0.2) is 40.7 Å². The highest BCUT2D eigenvalue weighted by atomic mass is 32.1. The summed E-state index contributed by atoms with van der Waals surface area (Å²) in [5.74, 6) is 0.477. The van der Waals surface area contributed by atoms with Gasteiger partial charge in [0, 0.05) is 6.54 Å². The molecule has 1 saturated heterocycles. The van der Waals surface area contributed by atoms with Crippen LogP contribution < -0.4 is 5.32 Å². The lowest BCUT2D eigenvalue weighted by atomic mass is 10.1. The third kappa shape index (κ3) is 4.00. The van der Waals surface area contributed by atoms with Gasteiger partial charge in [-0.15, -0.1) is 5.10 Å². The number of aromatic nitrogens is 2. The maximum Gasteiger partial charge on any atom is 0.0826 e. The Balaban J connectivity index is 1.61. The Morgan fingerprint density at radius 1 is 1.33 bits per heavy atom. The molecular weight excluding hydrogens is 244 g/mol. The van der Waals surface area contributed by atoms with Crippen molar-refractivity contribution in [2.45, 2.75) is 45.6 Å². The van der Waals surface area contributed by atoms with Crippen LogP contribution >= 0.6 is 11.5 Å². The number of hydrogen-bond acceptors (Lipinski definition) is 5. The molecule has 0 saturated carbocycles. The van der Waals surface area contributed by atoms with Crippen molar-refractivity contribution in [3.8, 4) is 0 Å². The Morgan fingerprint density at radius 2 is 2.11 bits per heavy atom. The zero-order valence-corrected chi connectivity index (χ0v) is 12.3. The van der Waals surface area contributed by atoms with Crippen LogP contribution in [0, 0.1) is 0 Å². The van der Waals surface area contributed by atoms with Gasteiger partial charge in [0.05, 0.1) is 10.6 Å². The zero-order valence-electron chi connectivity index (χ0n) is 11.5. The van der Waals surface area contributed by atoms with Crippen molar-refractivity contribution >= 4 is 11.5 Å². The van der Waals surface area contributed by atoms with Gasteiger partial charge in [-0.05, 0) is 62.9 Å². The van der Waals surface area contributed by atoms with Crippen LogP contribution in [0.4, 0.5) is 0 Å².